The molecule has 2 nitrogen and oxygen atoms in total. The Morgan fingerprint density at radius 3 is 2.72 bits per heavy atom. The van der Waals surface area contributed by atoms with Gasteiger partial charge in [0.15, 0.2) is 0 Å². The van der Waals surface area contributed by atoms with Gasteiger partial charge >= 0.3 is 0 Å². The molecule has 0 aromatic heterocycles. The fraction of sp³-hybridized carbons (Fsp3) is 0.571. The van der Waals surface area contributed by atoms with E-state index in [0.29, 0.717) is 6.04 Å². The average Bonchev–Trinajstić information content (AvgIpc) is 2.37. The Bertz CT molecular complexity index is 389. The number of hydrogen-bond donors (Lipinski definition) is 1. The van der Waals surface area contributed by atoms with Crippen molar-refractivity contribution in [1.29, 1.82) is 0 Å². The van der Waals surface area contributed by atoms with Crippen LogP contribution < -0.4 is 10.2 Å². The molecule has 1 aliphatic heterocycles. The molecule has 1 heterocycles. The number of nitrogens with zero attached hydrogens (tertiary/aromatic N) is 1. The van der Waals surface area contributed by atoms with Gasteiger partial charge in [0, 0.05) is 37.2 Å². The van der Waals surface area contributed by atoms with Gasteiger partial charge < -0.3 is 10.2 Å². The van der Waals surface area contributed by atoms with Crippen LogP contribution in [0.5, 0.6) is 0 Å². The number of thioether (sulfide) groups is 1. The van der Waals surface area contributed by atoms with Gasteiger partial charge in [-0.1, -0.05) is 37.6 Å². The van der Waals surface area contributed by atoms with Crippen LogP contribution in [0.25, 0.3) is 0 Å². The number of anilines is 1. The standard InChI is InChI=1S/C14H21ClN2S/c1-11(2)16-10-12-4-3-5-13(15)14(12)17-6-8-18-9-7-17/h3-5,11,16H,6-10H2,1-2H3. The molecule has 1 N–H and O–H groups in total. The van der Waals surface area contributed by atoms with Gasteiger partial charge in [0.1, 0.15) is 0 Å². The van der Waals surface area contributed by atoms with Crippen LogP contribution >= 0.6 is 23.4 Å². The van der Waals surface area contributed by atoms with Gasteiger partial charge in [0.05, 0.1) is 10.7 Å². The Kier molecular flexibility index (Phi) is 5.22. The van der Waals surface area contributed by atoms with Crippen LogP contribution in [-0.2, 0) is 6.54 Å². The first-order chi connectivity index (χ1) is 8.68. The van der Waals surface area contributed by atoms with E-state index in [0.717, 1.165) is 24.7 Å². The zero-order chi connectivity index (χ0) is 13.0. The Labute approximate surface area is 119 Å². The van der Waals surface area contributed by atoms with Crippen LogP contribution in [0.4, 0.5) is 5.69 Å². The topological polar surface area (TPSA) is 15.3 Å². The van der Waals surface area contributed by atoms with Crippen molar-refractivity contribution in [2.45, 2.75) is 26.4 Å². The van der Waals surface area contributed by atoms with E-state index in [1.54, 1.807) is 0 Å². The van der Waals surface area contributed by atoms with Crippen LogP contribution in [0.2, 0.25) is 5.02 Å². The van der Waals surface area contributed by atoms with Crippen LogP contribution in [0.1, 0.15) is 19.4 Å². The molecule has 1 aromatic carbocycles. The molecule has 0 amide bonds. The highest BCUT2D eigenvalue weighted by atomic mass is 35.5. The summed E-state index contributed by atoms with van der Waals surface area (Å²) >= 11 is 8.42. The van der Waals surface area contributed by atoms with E-state index >= 15 is 0 Å². The highest BCUT2D eigenvalue weighted by Gasteiger charge is 2.17. The summed E-state index contributed by atoms with van der Waals surface area (Å²) in [5.41, 5.74) is 2.54. The van der Waals surface area contributed by atoms with Crippen molar-refractivity contribution in [3.8, 4) is 0 Å². The zero-order valence-electron chi connectivity index (χ0n) is 11.1. The van der Waals surface area contributed by atoms with Gasteiger partial charge in [-0.25, -0.2) is 0 Å². The van der Waals surface area contributed by atoms with Gasteiger partial charge in [-0.3, -0.25) is 0 Å². The maximum atomic E-state index is 6.40. The van der Waals surface area contributed by atoms with Crippen LogP contribution in [0.15, 0.2) is 18.2 Å². The van der Waals surface area contributed by atoms with Crippen molar-refractivity contribution in [3.05, 3.63) is 28.8 Å². The summed E-state index contributed by atoms with van der Waals surface area (Å²) in [4.78, 5) is 2.43. The summed E-state index contributed by atoms with van der Waals surface area (Å²) in [6.45, 7) is 7.42. The van der Waals surface area contributed by atoms with E-state index in [2.05, 4.69) is 30.1 Å². The number of benzene rings is 1. The number of hydrogen-bond acceptors (Lipinski definition) is 3. The Hall–Kier alpha value is -0.380. The monoisotopic (exact) mass is 284 g/mol. The zero-order valence-corrected chi connectivity index (χ0v) is 12.7. The molecule has 0 atom stereocenters. The average molecular weight is 285 g/mol. The second-order valence-electron chi connectivity index (χ2n) is 4.88. The first-order valence-corrected chi connectivity index (χ1v) is 8.05. The summed E-state index contributed by atoms with van der Waals surface area (Å²) in [6, 6.07) is 6.71. The van der Waals surface area contributed by atoms with Crippen LogP contribution in [0.3, 0.4) is 0 Å². The Morgan fingerprint density at radius 1 is 1.33 bits per heavy atom. The third-order valence-corrected chi connectivity index (χ3v) is 4.35. The summed E-state index contributed by atoms with van der Waals surface area (Å²) in [5, 5.41) is 4.36. The predicted octanol–water partition coefficient (Wildman–Crippen LogP) is 3.39. The van der Waals surface area contributed by atoms with Crippen molar-refractivity contribution in [2.75, 3.05) is 29.5 Å². The number of halogens is 1. The lowest BCUT2D eigenvalue weighted by atomic mass is 10.1. The van der Waals surface area contributed by atoms with E-state index < -0.39 is 0 Å². The lowest BCUT2D eigenvalue weighted by molar-refractivity contribution is 0.588. The van der Waals surface area contributed by atoms with E-state index in [9.17, 15) is 0 Å². The summed E-state index contributed by atoms with van der Waals surface area (Å²) in [5.74, 6) is 2.39. The van der Waals surface area contributed by atoms with Crippen LogP contribution in [-0.4, -0.2) is 30.6 Å². The molecular weight excluding hydrogens is 264 g/mol. The van der Waals surface area contributed by atoms with Gasteiger partial charge in [0.25, 0.3) is 0 Å². The maximum absolute atomic E-state index is 6.40. The molecule has 100 valence electrons. The summed E-state index contributed by atoms with van der Waals surface area (Å²) in [6.07, 6.45) is 0. The molecule has 1 fully saturated rings. The summed E-state index contributed by atoms with van der Waals surface area (Å²) in [7, 11) is 0. The first-order valence-electron chi connectivity index (χ1n) is 6.52. The highest BCUT2D eigenvalue weighted by Crippen LogP contribution is 2.31. The number of nitrogens with one attached hydrogen (secondary N) is 1. The van der Waals surface area contributed by atoms with Crippen molar-refractivity contribution >= 4 is 29.1 Å². The molecule has 0 aliphatic carbocycles. The van der Waals surface area contributed by atoms with E-state index in [1.807, 2.05) is 23.9 Å². The summed E-state index contributed by atoms with van der Waals surface area (Å²) < 4.78 is 0. The normalized spacial score (nSPS) is 16.3. The van der Waals surface area contributed by atoms with E-state index in [1.165, 1.54) is 22.8 Å². The molecule has 1 aromatic rings. The largest absolute Gasteiger partial charge is 0.368 e. The van der Waals surface area contributed by atoms with Gasteiger partial charge in [-0.05, 0) is 11.6 Å². The molecule has 1 saturated heterocycles. The van der Waals surface area contributed by atoms with Gasteiger partial charge in [0.2, 0.25) is 0 Å². The van der Waals surface area contributed by atoms with Crippen molar-refractivity contribution in [2.24, 2.45) is 0 Å². The number of para-hydroxylation sites is 1. The minimum atomic E-state index is 0.494. The molecule has 0 bridgehead atoms. The molecule has 0 unspecified atom stereocenters. The van der Waals surface area contributed by atoms with E-state index in [4.69, 9.17) is 11.6 Å². The van der Waals surface area contributed by atoms with Crippen LogP contribution in [0, 0.1) is 0 Å². The molecule has 0 saturated carbocycles. The fourth-order valence-electron chi connectivity index (χ4n) is 2.16. The maximum Gasteiger partial charge on any atom is 0.0642 e. The second kappa shape index (κ2) is 6.69. The second-order valence-corrected chi connectivity index (χ2v) is 6.51. The lowest BCUT2D eigenvalue weighted by Crippen LogP contribution is -2.34. The molecule has 18 heavy (non-hydrogen) atoms. The molecule has 1 aliphatic rings. The van der Waals surface area contributed by atoms with Crippen molar-refractivity contribution in [3.63, 3.8) is 0 Å². The molecule has 4 heteroatoms. The minimum Gasteiger partial charge on any atom is -0.368 e. The highest BCUT2D eigenvalue weighted by molar-refractivity contribution is 7.99. The quantitative estimate of drug-likeness (QED) is 0.912. The molecule has 2 rings (SSSR count). The smallest absolute Gasteiger partial charge is 0.0642 e. The third kappa shape index (κ3) is 3.56. The SMILES string of the molecule is CC(C)NCc1cccc(Cl)c1N1CCSCC1. The molecule has 0 spiro atoms. The predicted molar refractivity (Wildman–Crippen MR) is 83.0 cm³/mol. The molecule has 0 radical (unpaired) electrons. The van der Waals surface area contributed by atoms with E-state index in [-0.39, 0.29) is 0 Å². The van der Waals surface area contributed by atoms with Gasteiger partial charge in [-0.15, -0.1) is 0 Å². The lowest BCUT2D eigenvalue weighted by Gasteiger charge is -2.31. The first kappa shape index (κ1) is 14.0. The number of rotatable bonds is 4. The van der Waals surface area contributed by atoms with Gasteiger partial charge in [-0.2, -0.15) is 11.8 Å². The molecular formula is C14H21ClN2S. The van der Waals surface area contributed by atoms with Crippen molar-refractivity contribution in [1.82, 2.24) is 5.32 Å². The Balaban J connectivity index is 2.19. The van der Waals surface area contributed by atoms with Crippen molar-refractivity contribution < 1.29 is 0 Å². The Morgan fingerprint density at radius 2 is 2.06 bits per heavy atom. The minimum absolute atomic E-state index is 0.494. The third-order valence-electron chi connectivity index (χ3n) is 3.10. The fourth-order valence-corrected chi connectivity index (χ4v) is 3.37.